The summed E-state index contributed by atoms with van der Waals surface area (Å²) in [7, 11) is 0. The maximum atomic E-state index is 13.3. The summed E-state index contributed by atoms with van der Waals surface area (Å²) in [6, 6.07) is 19.6. The lowest BCUT2D eigenvalue weighted by atomic mass is 9.94. The van der Waals surface area contributed by atoms with E-state index >= 15 is 0 Å². The van der Waals surface area contributed by atoms with E-state index in [1.807, 2.05) is 48.5 Å². The Hall–Kier alpha value is -4.37. The summed E-state index contributed by atoms with van der Waals surface area (Å²) in [4.78, 5) is 60.1. The van der Waals surface area contributed by atoms with Gasteiger partial charge in [-0.15, -0.1) is 11.3 Å². The average Bonchev–Trinajstić information content (AvgIpc) is 2.92. The maximum absolute atomic E-state index is 13.3. The van der Waals surface area contributed by atoms with Crippen molar-refractivity contribution in [3.63, 3.8) is 0 Å². The van der Waals surface area contributed by atoms with Crippen molar-refractivity contribution in [2.45, 2.75) is 53.0 Å². The topological polar surface area (TPSA) is 102 Å². The highest BCUT2D eigenvalue weighted by Crippen LogP contribution is 2.31. The molecule has 206 valence electrons. The molecule has 1 heterocycles. The van der Waals surface area contributed by atoms with Gasteiger partial charge in [0.15, 0.2) is 5.43 Å². The molecule has 1 atom stereocenters. The second kappa shape index (κ2) is 12.2. The number of rotatable bonds is 7. The first-order chi connectivity index (χ1) is 19.0. The van der Waals surface area contributed by atoms with Crippen molar-refractivity contribution in [3.8, 4) is 0 Å². The normalized spacial score (nSPS) is 12.4. The molecule has 8 nitrogen and oxygen atoms in total. The molecule has 3 aromatic carbocycles. The predicted octanol–water partition coefficient (Wildman–Crippen LogP) is 6.26. The lowest BCUT2D eigenvalue weighted by molar-refractivity contribution is -0.204. The molecule has 1 amide bonds. The number of hydrogen-bond acceptors (Lipinski definition) is 8. The second-order valence-corrected chi connectivity index (χ2v) is 10.8. The van der Waals surface area contributed by atoms with Crippen molar-refractivity contribution in [3.05, 3.63) is 93.6 Å². The van der Waals surface area contributed by atoms with Crippen LogP contribution in [0.2, 0.25) is 0 Å². The van der Waals surface area contributed by atoms with Gasteiger partial charge in [0.05, 0.1) is 5.71 Å². The fraction of sp³-hybridized carbons (Fsp3) is 0.258. The van der Waals surface area contributed by atoms with Crippen LogP contribution in [-0.2, 0) is 24.1 Å². The van der Waals surface area contributed by atoms with Gasteiger partial charge in [-0.05, 0) is 41.3 Å². The van der Waals surface area contributed by atoms with Gasteiger partial charge in [-0.25, -0.2) is 4.79 Å². The molecule has 9 heteroatoms. The van der Waals surface area contributed by atoms with Crippen LogP contribution in [0.25, 0.3) is 20.2 Å². The van der Waals surface area contributed by atoms with Crippen molar-refractivity contribution in [2.24, 2.45) is 5.16 Å². The number of carbonyl (C=O) groups is 3. The number of benzene rings is 3. The van der Waals surface area contributed by atoms with E-state index in [0.717, 1.165) is 20.0 Å². The standard InChI is InChI=1S/C31H30N2O6S/c1-18(2)22-10-12-23(13-11-22)28(33(19(3)34)39-21(5)36)17-27(32-38-20(4)35)24-14-15-30-26(16-24)31(37)25-8-6-7-9-29(25)40-30/h6-16,18,28H,17H2,1-5H3/b32-27+. The Balaban J connectivity index is 1.85. The maximum Gasteiger partial charge on any atom is 0.331 e. The molecule has 0 aliphatic carbocycles. The van der Waals surface area contributed by atoms with Crippen LogP contribution in [0.4, 0.5) is 0 Å². The number of oxime groups is 1. The van der Waals surface area contributed by atoms with Crippen LogP contribution in [0.3, 0.4) is 0 Å². The molecule has 4 rings (SSSR count). The van der Waals surface area contributed by atoms with Crippen LogP contribution in [0.15, 0.2) is 76.7 Å². The van der Waals surface area contributed by atoms with Gasteiger partial charge in [-0.3, -0.25) is 14.4 Å². The molecule has 0 bridgehead atoms. The Bertz CT molecular complexity index is 1670. The van der Waals surface area contributed by atoms with Crippen LogP contribution >= 0.6 is 11.3 Å². The van der Waals surface area contributed by atoms with E-state index < -0.39 is 23.9 Å². The van der Waals surface area contributed by atoms with Gasteiger partial charge >= 0.3 is 11.9 Å². The van der Waals surface area contributed by atoms with E-state index in [0.29, 0.717) is 33.5 Å². The third-order valence-corrected chi connectivity index (χ3v) is 7.54. The van der Waals surface area contributed by atoms with E-state index in [-0.39, 0.29) is 11.8 Å². The monoisotopic (exact) mass is 558 g/mol. The highest BCUT2D eigenvalue weighted by atomic mass is 32.1. The number of amides is 1. The van der Waals surface area contributed by atoms with Crippen molar-refractivity contribution in [1.82, 2.24) is 5.06 Å². The third-order valence-electron chi connectivity index (χ3n) is 6.39. The zero-order valence-electron chi connectivity index (χ0n) is 23.0. The Kier molecular flexibility index (Phi) is 8.74. The lowest BCUT2D eigenvalue weighted by Gasteiger charge is -2.29. The molecule has 0 saturated carbocycles. The van der Waals surface area contributed by atoms with Gasteiger partial charge in [0.1, 0.15) is 6.04 Å². The smallest absolute Gasteiger partial charge is 0.331 e. The van der Waals surface area contributed by atoms with Gasteiger partial charge in [-0.2, -0.15) is 5.06 Å². The van der Waals surface area contributed by atoms with Gasteiger partial charge < -0.3 is 9.68 Å². The number of carbonyl (C=O) groups excluding carboxylic acids is 3. The average molecular weight is 559 g/mol. The molecule has 1 unspecified atom stereocenters. The molecule has 4 aromatic rings. The van der Waals surface area contributed by atoms with E-state index in [2.05, 4.69) is 19.0 Å². The Morgan fingerprint density at radius 1 is 0.850 bits per heavy atom. The number of hydroxylamine groups is 2. The summed E-state index contributed by atoms with van der Waals surface area (Å²) in [5.41, 5.74) is 2.50. The Morgan fingerprint density at radius 3 is 2.12 bits per heavy atom. The lowest BCUT2D eigenvalue weighted by Crippen LogP contribution is -2.36. The number of fused-ring (bicyclic) bond motifs is 2. The van der Waals surface area contributed by atoms with E-state index in [9.17, 15) is 19.2 Å². The van der Waals surface area contributed by atoms with E-state index in [4.69, 9.17) is 9.68 Å². The Labute approximate surface area is 235 Å². The summed E-state index contributed by atoms with van der Waals surface area (Å²) >= 11 is 1.50. The molecule has 0 spiro atoms. The Morgan fingerprint density at radius 2 is 1.50 bits per heavy atom. The second-order valence-electron chi connectivity index (χ2n) is 9.73. The van der Waals surface area contributed by atoms with Crippen LogP contribution in [-0.4, -0.2) is 28.6 Å². The summed E-state index contributed by atoms with van der Waals surface area (Å²) < 4.78 is 1.68. The van der Waals surface area contributed by atoms with Gasteiger partial charge in [0.25, 0.3) is 5.91 Å². The van der Waals surface area contributed by atoms with Gasteiger partial charge in [0.2, 0.25) is 0 Å². The van der Waals surface area contributed by atoms with Gasteiger partial charge in [-0.1, -0.05) is 61.5 Å². The molecular formula is C31H30N2O6S. The first kappa shape index (κ1) is 28.6. The molecule has 0 saturated heterocycles. The molecule has 0 fully saturated rings. The van der Waals surface area contributed by atoms with Gasteiger partial charge in [0, 0.05) is 52.9 Å². The van der Waals surface area contributed by atoms with Crippen molar-refractivity contribution in [2.75, 3.05) is 0 Å². The fourth-order valence-corrected chi connectivity index (χ4v) is 5.47. The highest BCUT2D eigenvalue weighted by molar-refractivity contribution is 7.24. The van der Waals surface area contributed by atoms with Crippen molar-refractivity contribution in [1.29, 1.82) is 0 Å². The summed E-state index contributed by atoms with van der Waals surface area (Å²) in [5, 5.41) is 6.23. The zero-order valence-corrected chi connectivity index (χ0v) is 23.8. The van der Waals surface area contributed by atoms with Crippen molar-refractivity contribution < 1.29 is 24.1 Å². The summed E-state index contributed by atoms with van der Waals surface area (Å²) in [6.07, 6.45) is 0.0257. The predicted molar refractivity (Wildman–Crippen MR) is 156 cm³/mol. The quantitative estimate of drug-likeness (QED) is 0.115. The van der Waals surface area contributed by atoms with E-state index in [1.54, 1.807) is 18.2 Å². The molecule has 40 heavy (non-hydrogen) atoms. The molecule has 0 N–H and O–H groups in total. The fourth-order valence-electron chi connectivity index (χ4n) is 4.42. The molecule has 0 aliphatic rings. The first-order valence-corrected chi connectivity index (χ1v) is 13.7. The number of hydrogen-bond donors (Lipinski definition) is 0. The molecule has 0 radical (unpaired) electrons. The van der Waals surface area contributed by atoms with Crippen LogP contribution in [0.1, 0.15) is 69.7 Å². The minimum Gasteiger partial charge on any atom is -0.338 e. The minimum absolute atomic E-state index is 0.0257. The minimum atomic E-state index is -0.793. The SMILES string of the molecule is CC(=O)O/N=C(\CC(c1ccc(C(C)C)cc1)N(OC(C)=O)C(C)=O)c1ccc2sc3ccccc3c(=O)c2c1. The largest absolute Gasteiger partial charge is 0.338 e. The molecular weight excluding hydrogens is 528 g/mol. The van der Waals surface area contributed by atoms with Crippen molar-refractivity contribution >= 4 is 55.1 Å². The summed E-state index contributed by atoms with van der Waals surface area (Å²) in [6.45, 7) is 7.89. The molecule has 0 aliphatic heterocycles. The molecule has 1 aromatic heterocycles. The third kappa shape index (κ3) is 6.43. The first-order valence-electron chi connectivity index (χ1n) is 12.8. The van der Waals surface area contributed by atoms with Crippen LogP contribution < -0.4 is 5.43 Å². The van der Waals surface area contributed by atoms with E-state index in [1.165, 1.54) is 32.1 Å². The highest BCUT2D eigenvalue weighted by Gasteiger charge is 2.29. The zero-order chi connectivity index (χ0) is 29.0. The van der Waals surface area contributed by atoms with Crippen LogP contribution in [0, 0.1) is 0 Å². The summed E-state index contributed by atoms with van der Waals surface area (Å²) in [5.74, 6) is -1.49. The van der Waals surface area contributed by atoms with Crippen LogP contribution in [0.5, 0.6) is 0 Å². The number of nitrogens with zero attached hydrogens (tertiary/aromatic N) is 2.